The van der Waals surface area contributed by atoms with Crippen LogP contribution < -0.4 is 10.3 Å². The molecule has 0 saturated carbocycles. The number of hydrogen-bond acceptors (Lipinski definition) is 8. The van der Waals surface area contributed by atoms with Gasteiger partial charge in [0.2, 0.25) is 0 Å². The van der Waals surface area contributed by atoms with Crippen molar-refractivity contribution in [2.45, 2.75) is 13.5 Å². The molecule has 0 unspecified atom stereocenters. The fourth-order valence-electron chi connectivity index (χ4n) is 3.43. The van der Waals surface area contributed by atoms with Gasteiger partial charge >= 0.3 is 0 Å². The third kappa shape index (κ3) is 3.71. The Morgan fingerprint density at radius 1 is 1.12 bits per heavy atom. The van der Waals surface area contributed by atoms with E-state index < -0.39 is 0 Å². The molecule has 0 spiro atoms. The van der Waals surface area contributed by atoms with Crippen LogP contribution in [-0.2, 0) is 11.3 Å². The number of aromatic nitrogens is 6. The van der Waals surface area contributed by atoms with Gasteiger partial charge in [-0.25, -0.2) is 0 Å². The highest BCUT2D eigenvalue weighted by atomic mass is 16.5. The molecule has 5 rings (SSSR count). The van der Waals surface area contributed by atoms with Crippen LogP contribution in [0.5, 0.6) is 5.75 Å². The number of fused-ring (bicyclic) bond motifs is 2. The van der Waals surface area contributed by atoms with Gasteiger partial charge in [-0.15, -0.1) is 10.2 Å². The molecule has 32 heavy (non-hydrogen) atoms. The molecule has 0 bridgehead atoms. The van der Waals surface area contributed by atoms with E-state index in [0.717, 1.165) is 11.3 Å². The number of pyridine rings is 3. The molecule has 0 aromatic carbocycles. The number of ether oxygens (including phenoxy) is 2. The van der Waals surface area contributed by atoms with Crippen molar-refractivity contribution in [2.24, 2.45) is 0 Å². The van der Waals surface area contributed by atoms with Gasteiger partial charge in [0.25, 0.3) is 5.56 Å². The van der Waals surface area contributed by atoms with Gasteiger partial charge in [-0.2, -0.15) is 0 Å². The molecule has 0 saturated heterocycles. The van der Waals surface area contributed by atoms with Gasteiger partial charge in [-0.05, 0) is 31.2 Å². The van der Waals surface area contributed by atoms with Crippen molar-refractivity contribution >= 4 is 16.6 Å². The molecule has 10 nitrogen and oxygen atoms in total. The summed E-state index contributed by atoms with van der Waals surface area (Å²) in [5.41, 5.74) is 2.72. The van der Waals surface area contributed by atoms with E-state index in [4.69, 9.17) is 14.0 Å². The summed E-state index contributed by atoms with van der Waals surface area (Å²) in [5.74, 6) is 1.78. The van der Waals surface area contributed by atoms with Crippen molar-refractivity contribution < 1.29 is 14.0 Å². The largest absolute Gasteiger partial charge is 0.490 e. The summed E-state index contributed by atoms with van der Waals surface area (Å²) in [6.45, 7) is 2.94. The Balaban J connectivity index is 1.49. The standard InChI is InChI=1S/C22H20N6O4/c1-14-9-19(32-26-14)15-3-4-20-24-25-21(28(20)12-15)13-27-6-5-18-17(22(27)29)10-16(11-23-18)31-8-7-30-2/h3-6,9-12H,7-8,13H2,1-2H3. The predicted octanol–water partition coefficient (Wildman–Crippen LogP) is 2.48. The Labute approximate surface area is 182 Å². The van der Waals surface area contributed by atoms with Crippen molar-refractivity contribution in [1.29, 1.82) is 0 Å². The van der Waals surface area contributed by atoms with Gasteiger partial charge < -0.3 is 18.6 Å². The van der Waals surface area contributed by atoms with Crippen molar-refractivity contribution in [1.82, 2.24) is 29.3 Å². The lowest BCUT2D eigenvalue weighted by Gasteiger charge is -2.09. The van der Waals surface area contributed by atoms with Crippen LogP contribution in [0, 0.1) is 6.92 Å². The topological polar surface area (TPSA) is 110 Å². The highest BCUT2D eigenvalue weighted by Gasteiger charge is 2.12. The van der Waals surface area contributed by atoms with Crippen LogP contribution in [0.2, 0.25) is 0 Å². The van der Waals surface area contributed by atoms with Crippen molar-refractivity contribution in [3.63, 3.8) is 0 Å². The molecular formula is C22H20N6O4. The van der Waals surface area contributed by atoms with E-state index in [1.54, 1.807) is 36.2 Å². The minimum atomic E-state index is -0.189. The first-order valence-electron chi connectivity index (χ1n) is 10.0. The fourth-order valence-corrected chi connectivity index (χ4v) is 3.43. The molecular weight excluding hydrogens is 412 g/mol. The number of nitrogens with zero attached hydrogens (tertiary/aromatic N) is 6. The number of aryl methyl sites for hydroxylation is 1. The summed E-state index contributed by atoms with van der Waals surface area (Å²) < 4.78 is 19.4. The second-order valence-electron chi connectivity index (χ2n) is 7.29. The first-order valence-corrected chi connectivity index (χ1v) is 10.0. The van der Waals surface area contributed by atoms with Gasteiger partial charge in [0, 0.05) is 31.1 Å². The Morgan fingerprint density at radius 3 is 2.84 bits per heavy atom. The molecule has 0 fully saturated rings. The lowest BCUT2D eigenvalue weighted by atomic mass is 10.2. The summed E-state index contributed by atoms with van der Waals surface area (Å²) in [6.07, 6.45) is 5.17. The lowest BCUT2D eigenvalue weighted by molar-refractivity contribution is 0.146. The minimum Gasteiger partial charge on any atom is -0.490 e. The third-order valence-electron chi connectivity index (χ3n) is 5.05. The molecule has 0 N–H and O–H groups in total. The van der Waals surface area contributed by atoms with Crippen LogP contribution in [-0.4, -0.2) is 49.6 Å². The molecule has 162 valence electrons. The molecule has 10 heteroatoms. The maximum absolute atomic E-state index is 13.1. The average molecular weight is 432 g/mol. The van der Waals surface area contributed by atoms with E-state index in [-0.39, 0.29) is 12.1 Å². The Bertz CT molecular complexity index is 1470. The number of rotatable bonds is 7. The van der Waals surface area contributed by atoms with E-state index in [9.17, 15) is 4.79 Å². The first-order chi connectivity index (χ1) is 15.6. The Hall–Kier alpha value is -4.05. The maximum Gasteiger partial charge on any atom is 0.260 e. The Morgan fingerprint density at radius 2 is 2.03 bits per heavy atom. The first kappa shape index (κ1) is 19.9. The van der Waals surface area contributed by atoms with Crippen LogP contribution in [0.1, 0.15) is 11.5 Å². The second-order valence-corrected chi connectivity index (χ2v) is 7.29. The molecule has 0 radical (unpaired) electrons. The number of hydrogen-bond donors (Lipinski definition) is 0. The van der Waals surface area contributed by atoms with E-state index in [0.29, 0.717) is 47.1 Å². The summed E-state index contributed by atoms with van der Waals surface area (Å²) in [6, 6.07) is 9.09. The zero-order valence-electron chi connectivity index (χ0n) is 17.6. The van der Waals surface area contributed by atoms with Gasteiger partial charge in [0.15, 0.2) is 17.2 Å². The van der Waals surface area contributed by atoms with Crippen LogP contribution in [0.25, 0.3) is 27.9 Å². The summed E-state index contributed by atoms with van der Waals surface area (Å²) >= 11 is 0. The number of methoxy groups -OCH3 is 1. The highest BCUT2D eigenvalue weighted by molar-refractivity contribution is 5.78. The van der Waals surface area contributed by atoms with Gasteiger partial charge in [-0.3, -0.25) is 14.2 Å². The van der Waals surface area contributed by atoms with Crippen molar-refractivity contribution in [2.75, 3.05) is 20.3 Å². The van der Waals surface area contributed by atoms with Crippen LogP contribution in [0.4, 0.5) is 0 Å². The van der Waals surface area contributed by atoms with Crippen molar-refractivity contribution in [3.05, 3.63) is 70.8 Å². The molecule has 0 atom stereocenters. The quantitative estimate of drug-likeness (QED) is 0.361. The van der Waals surface area contributed by atoms with Crippen molar-refractivity contribution in [3.8, 4) is 17.1 Å². The zero-order valence-corrected chi connectivity index (χ0v) is 17.6. The molecule has 5 aromatic heterocycles. The molecule has 5 heterocycles. The SMILES string of the molecule is COCCOc1cnc2ccn(Cc3nnc4ccc(-c5cc(C)no5)cn34)c(=O)c2c1. The summed E-state index contributed by atoms with van der Waals surface area (Å²) in [7, 11) is 1.60. The molecule has 0 aliphatic carbocycles. The smallest absolute Gasteiger partial charge is 0.260 e. The van der Waals surface area contributed by atoms with E-state index in [1.807, 2.05) is 35.7 Å². The zero-order chi connectivity index (χ0) is 22.1. The van der Waals surface area contributed by atoms with Crippen LogP contribution in [0.15, 0.2) is 58.2 Å². The predicted molar refractivity (Wildman–Crippen MR) is 116 cm³/mol. The lowest BCUT2D eigenvalue weighted by Crippen LogP contribution is -2.21. The minimum absolute atomic E-state index is 0.189. The third-order valence-corrected chi connectivity index (χ3v) is 5.05. The second kappa shape index (κ2) is 8.23. The van der Waals surface area contributed by atoms with Crippen LogP contribution >= 0.6 is 0 Å². The highest BCUT2D eigenvalue weighted by Crippen LogP contribution is 2.21. The summed E-state index contributed by atoms with van der Waals surface area (Å²) in [4.78, 5) is 17.5. The Kier molecular flexibility index (Phi) is 5.12. The summed E-state index contributed by atoms with van der Waals surface area (Å²) in [5, 5.41) is 12.9. The van der Waals surface area contributed by atoms with Crippen LogP contribution in [0.3, 0.4) is 0 Å². The normalized spacial score (nSPS) is 11.4. The fraction of sp³-hybridized carbons (Fsp3) is 0.227. The molecule has 0 aliphatic rings. The van der Waals surface area contributed by atoms with E-state index >= 15 is 0 Å². The van der Waals surface area contributed by atoms with E-state index in [1.165, 1.54) is 0 Å². The maximum atomic E-state index is 13.1. The average Bonchev–Trinajstić information content (AvgIpc) is 3.42. The van der Waals surface area contributed by atoms with Gasteiger partial charge in [0.1, 0.15) is 12.4 Å². The monoisotopic (exact) mass is 432 g/mol. The molecule has 0 aliphatic heterocycles. The molecule has 0 amide bonds. The van der Waals surface area contributed by atoms with Gasteiger partial charge in [-0.1, -0.05) is 5.16 Å². The van der Waals surface area contributed by atoms with E-state index in [2.05, 4.69) is 20.3 Å². The molecule has 5 aromatic rings. The van der Waals surface area contributed by atoms with Gasteiger partial charge in [0.05, 0.1) is 35.9 Å².